The summed E-state index contributed by atoms with van der Waals surface area (Å²) in [7, 11) is 1.69. The van der Waals surface area contributed by atoms with Crippen molar-refractivity contribution in [2.24, 2.45) is 5.41 Å². The van der Waals surface area contributed by atoms with Gasteiger partial charge >= 0.3 is 0 Å². The first-order valence-electron chi connectivity index (χ1n) is 5.10. The molecule has 1 saturated carbocycles. The zero-order valence-electron chi connectivity index (χ0n) is 8.53. The Morgan fingerprint density at radius 2 is 2.21 bits per heavy atom. The molecule has 1 aliphatic heterocycles. The van der Waals surface area contributed by atoms with Crippen LogP contribution in [0.5, 0.6) is 0 Å². The van der Waals surface area contributed by atoms with Gasteiger partial charge in [-0.15, -0.1) is 0 Å². The van der Waals surface area contributed by atoms with Crippen LogP contribution in [0, 0.1) is 5.41 Å². The molecule has 0 aromatic heterocycles. The van der Waals surface area contributed by atoms with E-state index in [1.54, 1.807) is 18.9 Å². The van der Waals surface area contributed by atoms with Crippen LogP contribution in [0.15, 0.2) is 0 Å². The summed E-state index contributed by atoms with van der Waals surface area (Å²) in [4.78, 5) is 0. The van der Waals surface area contributed by atoms with Gasteiger partial charge in [-0.1, -0.05) is 0 Å². The van der Waals surface area contributed by atoms with Gasteiger partial charge in [0.05, 0.1) is 18.3 Å². The molecule has 1 heterocycles. The van der Waals surface area contributed by atoms with Crippen molar-refractivity contribution in [3.63, 3.8) is 0 Å². The van der Waals surface area contributed by atoms with Crippen molar-refractivity contribution in [2.75, 3.05) is 25.2 Å². The van der Waals surface area contributed by atoms with E-state index >= 15 is 0 Å². The van der Waals surface area contributed by atoms with Crippen molar-refractivity contribution in [2.45, 2.75) is 31.0 Å². The molecule has 1 aliphatic carbocycles. The van der Waals surface area contributed by atoms with E-state index in [4.69, 9.17) is 4.74 Å². The van der Waals surface area contributed by atoms with Gasteiger partial charge in [0.25, 0.3) is 0 Å². The highest BCUT2D eigenvalue weighted by molar-refractivity contribution is 7.99. The van der Waals surface area contributed by atoms with Crippen molar-refractivity contribution in [3.8, 4) is 0 Å². The highest BCUT2D eigenvalue weighted by atomic mass is 32.2. The third-order valence-corrected chi connectivity index (χ3v) is 5.04. The zero-order valence-corrected chi connectivity index (χ0v) is 9.35. The fraction of sp³-hybridized carbons (Fsp3) is 1.00. The molecule has 4 heteroatoms. The van der Waals surface area contributed by atoms with E-state index in [2.05, 4.69) is 0 Å². The second-order valence-corrected chi connectivity index (χ2v) is 5.64. The van der Waals surface area contributed by atoms with Gasteiger partial charge in [0.1, 0.15) is 0 Å². The smallest absolute Gasteiger partial charge is 0.0825 e. The van der Waals surface area contributed by atoms with Crippen molar-refractivity contribution < 1.29 is 14.9 Å². The maximum atomic E-state index is 10.4. The second-order valence-electron chi connectivity index (χ2n) is 4.54. The normalized spacial score (nSPS) is 47.8. The summed E-state index contributed by atoms with van der Waals surface area (Å²) in [6.07, 6.45) is 2.65. The van der Waals surface area contributed by atoms with Crippen molar-refractivity contribution >= 4 is 11.8 Å². The van der Waals surface area contributed by atoms with Crippen LogP contribution in [0.3, 0.4) is 0 Å². The highest BCUT2D eigenvalue weighted by Crippen LogP contribution is 2.54. The fourth-order valence-corrected chi connectivity index (χ4v) is 4.02. The van der Waals surface area contributed by atoms with Crippen LogP contribution >= 0.6 is 11.8 Å². The topological polar surface area (TPSA) is 49.7 Å². The Morgan fingerprint density at radius 3 is 2.64 bits per heavy atom. The lowest BCUT2D eigenvalue weighted by Gasteiger charge is -2.54. The molecule has 2 fully saturated rings. The maximum Gasteiger partial charge on any atom is 0.0825 e. The van der Waals surface area contributed by atoms with Crippen LogP contribution in [0.2, 0.25) is 0 Å². The minimum absolute atomic E-state index is 0.0872. The molecule has 1 atom stereocenters. The van der Waals surface area contributed by atoms with Crippen LogP contribution in [0.4, 0.5) is 0 Å². The predicted octanol–water partition coefficient (Wildman–Crippen LogP) is 0.642. The molecule has 0 amide bonds. The molecule has 0 bridgehead atoms. The molecule has 0 aromatic rings. The Bertz CT molecular complexity index is 207. The number of rotatable bonds is 3. The van der Waals surface area contributed by atoms with Gasteiger partial charge in [0, 0.05) is 18.3 Å². The second kappa shape index (κ2) is 3.67. The number of aliphatic hydroxyl groups is 2. The Kier molecular flexibility index (Phi) is 2.81. The molecule has 14 heavy (non-hydrogen) atoms. The predicted molar refractivity (Wildman–Crippen MR) is 56.4 cm³/mol. The largest absolute Gasteiger partial charge is 0.396 e. The first-order valence-corrected chi connectivity index (χ1v) is 6.25. The SMILES string of the molecule is COC1CC(CO)(C2(O)CCSC2)C1. The minimum Gasteiger partial charge on any atom is -0.396 e. The first kappa shape index (κ1) is 10.7. The molecule has 2 rings (SSSR count). The maximum absolute atomic E-state index is 10.4. The Morgan fingerprint density at radius 1 is 1.50 bits per heavy atom. The number of hydrogen-bond donors (Lipinski definition) is 2. The number of ether oxygens (including phenoxy) is 1. The van der Waals surface area contributed by atoms with Crippen molar-refractivity contribution in [3.05, 3.63) is 0 Å². The van der Waals surface area contributed by atoms with E-state index in [1.165, 1.54) is 0 Å². The number of thioether (sulfide) groups is 1. The summed E-state index contributed by atoms with van der Waals surface area (Å²) in [6.45, 7) is 0.0872. The molecule has 1 saturated heterocycles. The molecule has 2 aliphatic rings. The van der Waals surface area contributed by atoms with Crippen LogP contribution < -0.4 is 0 Å². The minimum atomic E-state index is -0.651. The van der Waals surface area contributed by atoms with Crippen molar-refractivity contribution in [1.29, 1.82) is 0 Å². The fourth-order valence-electron chi connectivity index (χ4n) is 2.61. The molecule has 3 nitrogen and oxygen atoms in total. The zero-order chi connectivity index (χ0) is 10.2. The molecule has 0 radical (unpaired) electrons. The van der Waals surface area contributed by atoms with E-state index in [-0.39, 0.29) is 18.1 Å². The van der Waals surface area contributed by atoms with Crippen molar-refractivity contribution in [1.82, 2.24) is 0 Å². The van der Waals surface area contributed by atoms with E-state index in [9.17, 15) is 10.2 Å². The van der Waals surface area contributed by atoms with Gasteiger partial charge in [-0.25, -0.2) is 0 Å². The summed E-state index contributed by atoms with van der Waals surface area (Å²) in [5, 5.41) is 19.9. The lowest BCUT2D eigenvalue weighted by Crippen LogP contribution is -2.60. The van der Waals surface area contributed by atoms with Crippen LogP contribution in [0.25, 0.3) is 0 Å². The van der Waals surface area contributed by atoms with Gasteiger partial charge in [0.2, 0.25) is 0 Å². The Labute approximate surface area is 88.8 Å². The quantitative estimate of drug-likeness (QED) is 0.730. The molecule has 82 valence electrons. The lowest BCUT2D eigenvalue weighted by atomic mass is 9.57. The highest BCUT2D eigenvalue weighted by Gasteiger charge is 2.58. The molecule has 1 unspecified atom stereocenters. The number of methoxy groups -OCH3 is 1. The molecule has 0 aromatic carbocycles. The van der Waals surface area contributed by atoms with Gasteiger partial charge < -0.3 is 14.9 Å². The summed E-state index contributed by atoms with van der Waals surface area (Å²) in [5.74, 6) is 1.78. The summed E-state index contributed by atoms with van der Waals surface area (Å²) in [5.41, 5.74) is -0.932. The van der Waals surface area contributed by atoms with E-state index in [0.717, 1.165) is 30.8 Å². The summed E-state index contributed by atoms with van der Waals surface area (Å²) < 4.78 is 5.22. The number of aliphatic hydroxyl groups excluding tert-OH is 1. The molecular weight excluding hydrogens is 200 g/mol. The average molecular weight is 218 g/mol. The summed E-state index contributed by atoms with van der Waals surface area (Å²) >= 11 is 1.78. The Hall–Kier alpha value is 0.230. The van der Waals surface area contributed by atoms with Crippen LogP contribution in [-0.2, 0) is 4.74 Å². The third kappa shape index (κ3) is 1.40. The molecular formula is C10H18O3S. The van der Waals surface area contributed by atoms with Crippen LogP contribution in [-0.4, -0.2) is 47.1 Å². The average Bonchev–Trinajstić information content (AvgIpc) is 2.53. The van der Waals surface area contributed by atoms with E-state index in [1.807, 2.05) is 0 Å². The van der Waals surface area contributed by atoms with Gasteiger partial charge in [0.15, 0.2) is 0 Å². The third-order valence-electron chi connectivity index (χ3n) is 3.86. The standard InChI is InChI=1S/C10H18O3S/c1-13-8-4-9(5-8,6-11)10(12)2-3-14-7-10/h8,11-12H,2-7H2,1H3. The van der Waals surface area contributed by atoms with Gasteiger partial charge in [-0.2, -0.15) is 11.8 Å². The van der Waals surface area contributed by atoms with Crippen LogP contribution in [0.1, 0.15) is 19.3 Å². The molecule has 2 N–H and O–H groups in total. The first-order chi connectivity index (χ1) is 6.66. The van der Waals surface area contributed by atoms with Gasteiger partial charge in [-0.3, -0.25) is 0 Å². The monoisotopic (exact) mass is 218 g/mol. The van der Waals surface area contributed by atoms with E-state index in [0.29, 0.717) is 0 Å². The number of hydrogen-bond acceptors (Lipinski definition) is 4. The summed E-state index contributed by atoms with van der Waals surface area (Å²) in [6, 6.07) is 0. The molecule has 0 spiro atoms. The Balaban J connectivity index is 2.06. The van der Waals surface area contributed by atoms with E-state index < -0.39 is 5.60 Å². The van der Waals surface area contributed by atoms with Gasteiger partial charge in [-0.05, 0) is 25.0 Å². The lowest BCUT2D eigenvalue weighted by molar-refractivity contribution is -0.186.